The standard InChI is InChI=1S/C9H7F2N5OS/c1-4-2-13-5(3-12-4)7(17)14-9-16-15-8(18-9)6(10)11/h2-3,6H,1H3,(H,14,16,17). The molecule has 9 heteroatoms. The Morgan fingerprint density at radius 2 is 2.11 bits per heavy atom. The van der Waals surface area contributed by atoms with Gasteiger partial charge in [-0.15, -0.1) is 10.2 Å². The van der Waals surface area contributed by atoms with Gasteiger partial charge in [-0.1, -0.05) is 11.3 Å². The Morgan fingerprint density at radius 1 is 1.33 bits per heavy atom. The highest BCUT2D eigenvalue weighted by atomic mass is 32.1. The first kappa shape index (κ1) is 12.4. The predicted octanol–water partition coefficient (Wildman–Crippen LogP) is 1.83. The molecule has 1 amide bonds. The topological polar surface area (TPSA) is 80.7 Å². The second-order valence-corrected chi connectivity index (χ2v) is 4.25. The first-order chi connectivity index (χ1) is 8.56. The van der Waals surface area contributed by atoms with E-state index in [0.29, 0.717) is 17.0 Å². The van der Waals surface area contributed by atoms with Crippen molar-refractivity contribution in [1.82, 2.24) is 20.2 Å². The quantitative estimate of drug-likeness (QED) is 0.921. The number of nitrogens with zero attached hydrogens (tertiary/aromatic N) is 4. The fraction of sp³-hybridized carbons (Fsp3) is 0.222. The van der Waals surface area contributed by atoms with E-state index in [0.717, 1.165) is 0 Å². The lowest BCUT2D eigenvalue weighted by Gasteiger charge is -1.99. The Balaban J connectivity index is 2.08. The van der Waals surface area contributed by atoms with E-state index in [4.69, 9.17) is 0 Å². The van der Waals surface area contributed by atoms with Gasteiger partial charge in [-0.3, -0.25) is 15.1 Å². The molecule has 0 aliphatic rings. The van der Waals surface area contributed by atoms with Crippen molar-refractivity contribution >= 4 is 22.4 Å². The number of carbonyl (C=O) groups is 1. The first-order valence-electron chi connectivity index (χ1n) is 4.78. The van der Waals surface area contributed by atoms with Crippen LogP contribution >= 0.6 is 11.3 Å². The molecule has 2 aromatic heterocycles. The summed E-state index contributed by atoms with van der Waals surface area (Å²) in [6, 6.07) is 0. The van der Waals surface area contributed by atoms with Crippen LogP contribution in [-0.2, 0) is 0 Å². The molecule has 0 fully saturated rings. The van der Waals surface area contributed by atoms with Crippen molar-refractivity contribution in [2.75, 3.05) is 5.32 Å². The van der Waals surface area contributed by atoms with Crippen LogP contribution in [0.15, 0.2) is 12.4 Å². The van der Waals surface area contributed by atoms with E-state index in [1.165, 1.54) is 12.4 Å². The molecular weight excluding hydrogens is 264 g/mol. The second-order valence-electron chi connectivity index (χ2n) is 3.24. The molecule has 6 nitrogen and oxygen atoms in total. The first-order valence-corrected chi connectivity index (χ1v) is 5.59. The number of hydrogen-bond acceptors (Lipinski definition) is 6. The van der Waals surface area contributed by atoms with Gasteiger partial charge in [-0.05, 0) is 6.92 Å². The molecule has 0 aliphatic heterocycles. The summed E-state index contributed by atoms with van der Waals surface area (Å²) in [5.74, 6) is -0.570. The third kappa shape index (κ3) is 2.80. The summed E-state index contributed by atoms with van der Waals surface area (Å²) in [7, 11) is 0. The number of hydrogen-bond donors (Lipinski definition) is 1. The van der Waals surface area contributed by atoms with Crippen molar-refractivity contribution < 1.29 is 13.6 Å². The molecule has 0 aromatic carbocycles. The molecule has 0 aliphatic carbocycles. The highest BCUT2D eigenvalue weighted by Crippen LogP contribution is 2.25. The molecule has 0 spiro atoms. The van der Waals surface area contributed by atoms with Crippen LogP contribution < -0.4 is 5.32 Å². The van der Waals surface area contributed by atoms with Gasteiger partial charge < -0.3 is 0 Å². The molecule has 2 rings (SSSR count). The monoisotopic (exact) mass is 271 g/mol. The van der Waals surface area contributed by atoms with Crippen LogP contribution in [-0.4, -0.2) is 26.1 Å². The fourth-order valence-corrected chi connectivity index (χ4v) is 1.64. The summed E-state index contributed by atoms with van der Waals surface area (Å²) in [6.07, 6.45) is 0.0200. The number of alkyl halides is 2. The van der Waals surface area contributed by atoms with Crippen LogP contribution in [0.3, 0.4) is 0 Å². The summed E-state index contributed by atoms with van der Waals surface area (Å²) in [6.45, 7) is 1.73. The van der Waals surface area contributed by atoms with Gasteiger partial charge in [0.15, 0.2) is 5.01 Å². The van der Waals surface area contributed by atoms with Crippen LogP contribution in [0, 0.1) is 6.92 Å². The van der Waals surface area contributed by atoms with Crippen molar-refractivity contribution in [1.29, 1.82) is 0 Å². The zero-order chi connectivity index (χ0) is 13.1. The summed E-state index contributed by atoms with van der Waals surface area (Å²) in [5, 5.41) is 8.55. The third-order valence-electron chi connectivity index (χ3n) is 1.86. The molecule has 0 saturated carbocycles. The Kier molecular flexibility index (Phi) is 3.51. The number of aryl methyl sites for hydroxylation is 1. The summed E-state index contributed by atoms with van der Waals surface area (Å²) in [5.41, 5.74) is 0.747. The summed E-state index contributed by atoms with van der Waals surface area (Å²) < 4.78 is 24.5. The molecule has 1 N–H and O–H groups in total. The SMILES string of the molecule is Cc1cnc(C(=O)Nc2nnc(C(F)F)s2)cn1. The molecule has 0 saturated heterocycles. The normalized spacial score (nSPS) is 10.7. The van der Waals surface area contributed by atoms with Gasteiger partial charge in [0.25, 0.3) is 12.3 Å². The van der Waals surface area contributed by atoms with Gasteiger partial charge >= 0.3 is 0 Å². The molecule has 94 valence electrons. The Morgan fingerprint density at radius 3 is 2.67 bits per heavy atom. The average Bonchev–Trinajstić information content (AvgIpc) is 2.78. The molecule has 0 unspecified atom stereocenters. The van der Waals surface area contributed by atoms with E-state index in [9.17, 15) is 13.6 Å². The van der Waals surface area contributed by atoms with E-state index in [1.54, 1.807) is 6.92 Å². The van der Waals surface area contributed by atoms with E-state index in [2.05, 4.69) is 25.5 Å². The molecular formula is C9H7F2N5OS. The minimum Gasteiger partial charge on any atom is -0.295 e. The maximum Gasteiger partial charge on any atom is 0.291 e. The smallest absolute Gasteiger partial charge is 0.291 e. The van der Waals surface area contributed by atoms with Crippen molar-refractivity contribution in [3.05, 3.63) is 28.8 Å². The van der Waals surface area contributed by atoms with Crippen LogP contribution in [0.25, 0.3) is 0 Å². The number of carbonyl (C=O) groups excluding carboxylic acids is 1. The third-order valence-corrected chi connectivity index (χ3v) is 2.71. The van der Waals surface area contributed by atoms with Gasteiger partial charge in [0, 0.05) is 6.20 Å². The average molecular weight is 271 g/mol. The molecule has 2 heterocycles. The number of aromatic nitrogens is 4. The lowest BCUT2D eigenvalue weighted by molar-refractivity contribution is 0.102. The predicted molar refractivity (Wildman–Crippen MR) is 59.6 cm³/mol. The van der Waals surface area contributed by atoms with Crippen LogP contribution in [0.5, 0.6) is 0 Å². The number of rotatable bonds is 3. The van der Waals surface area contributed by atoms with Crippen LogP contribution in [0.4, 0.5) is 13.9 Å². The second kappa shape index (κ2) is 5.08. The Hall–Kier alpha value is -2.03. The maximum absolute atomic E-state index is 12.3. The van der Waals surface area contributed by atoms with Crippen LogP contribution in [0.1, 0.15) is 27.6 Å². The van der Waals surface area contributed by atoms with Gasteiger partial charge in [0.1, 0.15) is 5.69 Å². The summed E-state index contributed by atoms with van der Waals surface area (Å²) in [4.78, 5) is 19.4. The maximum atomic E-state index is 12.3. The van der Waals surface area contributed by atoms with Crippen LogP contribution in [0.2, 0.25) is 0 Å². The number of amides is 1. The van der Waals surface area contributed by atoms with E-state index in [-0.39, 0.29) is 10.8 Å². The van der Waals surface area contributed by atoms with Crippen molar-refractivity contribution in [3.8, 4) is 0 Å². The van der Waals surface area contributed by atoms with Gasteiger partial charge in [0.05, 0.1) is 11.9 Å². The van der Waals surface area contributed by atoms with E-state index in [1.807, 2.05) is 0 Å². The minimum absolute atomic E-state index is 0.00215. The fourth-order valence-electron chi connectivity index (χ4n) is 1.04. The van der Waals surface area contributed by atoms with E-state index >= 15 is 0 Å². The summed E-state index contributed by atoms with van der Waals surface area (Å²) >= 11 is 0.615. The van der Waals surface area contributed by atoms with E-state index < -0.39 is 17.3 Å². The van der Waals surface area contributed by atoms with Crippen molar-refractivity contribution in [3.63, 3.8) is 0 Å². The lowest BCUT2D eigenvalue weighted by Crippen LogP contribution is -2.13. The van der Waals surface area contributed by atoms with Gasteiger partial charge in [-0.2, -0.15) is 0 Å². The zero-order valence-electron chi connectivity index (χ0n) is 9.09. The Labute approximate surface area is 104 Å². The Bertz CT molecular complexity index is 556. The van der Waals surface area contributed by atoms with Gasteiger partial charge in [0.2, 0.25) is 5.13 Å². The molecule has 0 bridgehead atoms. The van der Waals surface area contributed by atoms with Crippen molar-refractivity contribution in [2.45, 2.75) is 13.3 Å². The minimum atomic E-state index is -2.70. The molecule has 0 radical (unpaired) electrons. The molecule has 0 atom stereocenters. The number of nitrogens with one attached hydrogen (secondary N) is 1. The van der Waals surface area contributed by atoms with Crippen molar-refractivity contribution in [2.24, 2.45) is 0 Å². The number of halogens is 2. The highest BCUT2D eigenvalue weighted by molar-refractivity contribution is 7.15. The highest BCUT2D eigenvalue weighted by Gasteiger charge is 2.16. The molecule has 2 aromatic rings. The largest absolute Gasteiger partial charge is 0.295 e. The number of anilines is 1. The molecule has 18 heavy (non-hydrogen) atoms. The van der Waals surface area contributed by atoms with Gasteiger partial charge in [-0.25, -0.2) is 13.8 Å². The zero-order valence-corrected chi connectivity index (χ0v) is 9.91. The lowest BCUT2D eigenvalue weighted by atomic mass is 10.4.